The lowest BCUT2D eigenvalue weighted by atomic mass is 9.85. The van der Waals surface area contributed by atoms with Gasteiger partial charge >= 0.3 is 0 Å². The molecular formula is C11H22N4O. The molecule has 2 rings (SSSR count). The van der Waals surface area contributed by atoms with Gasteiger partial charge in [0.1, 0.15) is 0 Å². The average Bonchev–Trinajstić information content (AvgIpc) is 2.65. The fourth-order valence-corrected chi connectivity index (χ4v) is 2.84. The van der Waals surface area contributed by atoms with Gasteiger partial charge in [-0.1, -0.05) is 0 Å². The van der Waals surface area contributed by atoms with Gasteiger partial charge < -0.3 is 5.32 Å². The van der Waals surface area contributed by atoms with Gasteiger partial charge in [0, 0.05) is 19.6 Å². The SMILES string of the molecule is CN(N)CC1CCC(N2CNC(=O)C2)CC1. The number of nitrogens with one attached hydrogen (secondary N) is 1. The minimum atomic E-state index is 0.170. The van der Waals surface area contributed by atoms with Gasteiger partial charge in [0.05, 0.1) is 13.2 Å². The summed E-state index contributed by atoms with van der Waals surface area (Å²) < 4.78 is 0. The van der Waals surface area contributed by atoms with E-state index in [0.717, 1.165) is 19.1 Å². The quantitative estimate of drug-likeness (QED) is 0.514. The zero-order chi connectivity index (χ0) is 11.5. The summed E-state index contributed by atoms with van der Waals surface area (Å²) in [5.74, 6) is 6.57. The maximum absolute atomic E-state index is 11.1. The molecule has 5 heteroatoms. The van der Waals surface area contributed by atoms with Crippen LogP contribution >= 0.6 is 0 Å². The van der Waals surface area contributed by atoms with Crippen molar-refractivity contribution in [2.75, 3.05) is 26.8 Å². The first-order valence-corrected chi connectivity index (χ1v) is 6.11. The minimum Gasteiger partial charge on any atom is -0.342 e. The maximum atomic E-state index is 11.1. The molecule has 0 spiro atoms. The first kappa shape index (κ1) is 11.8. The van der Waals surface area contributed by atoms with Crippen molar-refractivity contribution < 1.29 is 4.79 Å². The Morgan fingerprint density at radius 1 is 1.44 bits per heavy atom. The molecule has 0 aromatic heterocycles. The molecule has 1 amide bonds. The zero-order valence-corrected chi connectivity index (χ0v) is 9.98. The van der Waals surface area contributed by atoms with E-state index in [1.54, 1.807) is 5.01 Å². The van der Waals surface area contributed by atoms with E-state index in [0.29, 0.717) is 12.6 Å². The van der Waals surface area contributed by atoms with Crippen molar-refractivity contribution in [2.45, 2.75) is 31.7 Å². The predicted octanol–water partition coefficient (Wildman–Crippen LogP) is -0.260. The van der Waals surface area contributed by atoms with Crippen molar-refractivity contribution >= 4 is 5.91 Å². The molecule has 2 fully saturated rings. The predicted molar refractivity (Wildman–Crippen MR) is 62.3 cm³/mol. The van der Waals surface area contributed by atoms with Gasteiger partial charge in [-0.15, -0.1) is 0 Å². The van der Waals surface area contributed by atoms with Crippen molar-refractivity contribution in [1.29, 1.82) is 0 Å². The second-order valence-electron chi connectivity index (χ2n) is 5.12. The third-order valence-electron chi connectivity index (χ3n) is 3.70. The van der Waals surface area contributed by atoms with Crippen LogP contribution in [0.1, 0.15) is 25.7 Å². The van der Waals surface area contributed by atoms with E-state index < -0.39 is 0 Å². The van der Waals surface area contributed by atoms with E-state index in [1.165, 1.54) is 25.7 Å². The number of nitrogens with two attached hydrogens (primary N) is 1. The largest absolute Gasteiger partial charge is 0.342 e. The number of rotatable bonds is 3. The smallest absolute Gasteiger partial charge is 0.235 e. The Bertz CT molecular complexity index is 248. The summed E-state index contributed by atoms with van der Waals surface area (Å²) in [4.78, 5) is 13.4. The van der Waals surface area contributed by atoms with Crippen LogP contribution < -0.4 is 11.2 Å². The summed E-state index contributed by atoms with van der Waals surface area (Å²) in [6.07, 6.45) is 4.87. The number of carbonyl (C=O) groups excluding carboxylic acids is 1. The highest BCUT2D eigenvalue weighted by molar-refractivity contribution is 5.79. The second-order valence-corrected chi connectivity index (χ2v) is 5.12. The number of hydrazine groups is 1. The van der Waals surface area contributed by atoms with E-state index >= 15 is 0 Å². The van der Waals surface area contributed by atoms with E-state index in [-0.39, 0.29) is 5.91 Å². The summed E-state index contributed by atoms with van der Waals surface area (Å²) in [6, 6.07) is 0.596. The van der Waals surface area contributed by atoms with Crippen LogP contribution in [0.3, 0.4) is 0 Å². The summed E-state index contributed by atoms with van der Waals surface area (Å²) in [5, 5.41) is 4.65. The molecule has 92 valence electrons. The molecule has 0 aromatic rings. The van der Waals surface area contributed by atoms with Crippen molar-refractivity contribution in [3.8, 4) is 0 Å². The molecule has 16 heavy (non-hydrogen) atoms. The first-order chi connectivity index (χ1) is 7.65. The highest BCUT2D eigenvalue weighted by Gasteiger charge is 2.30. The van der Waals surface area contributed by atoms with Gasteiger partial charge in [0.25, 0.3) is 0 Å². The lowest BCUT2D eigenvalue weighted by Crippen LogP contribution is -2.40. The Kier molecular flexibility index (Phi) is 3.78. The van der Waals surface area contributed by atoms with Gasteiger partial charge in [-0.2, -0.15) is 0 Å². The standard InChI is InChI=1S/C11H22N4O/c1-14(12)6-9-2-4-10(5-3-9)15-7-11(16)13-8-15/h9-10H,2-8,12H2,1H3,(H,13,16). The number of amides is 1. The van der Waals surface area contributed by atoms with Crippen LogP contribution in [0.4, 0.5) is 0 Å². The normalized spacial score (nSPS) is 32.1. The Balaban J connectivity index is 1.74. The minimum absolute atomic E-state index is 0.170. The monoisotopic (exact) mass is 226 g/mol. The van der Waals surface area contributed by atoms with Crippen LogP contribution in [0.25, 0.3) is 0 Å². The van der Waals surface area contributed by atoms with Crippen molar-refractivity contribution in [1.82, 2.24) is 15.2 Å². The maximum Gasteiger partial charge on any atom is 0.235 e. The van der Waals surface area contributed by atoms with E-state index in [1.807, 2.05) is 7.05 Å². The first-order valence-electron chi connectivity index (χ1n) is 6.11. The van der Waals surface area contributed by atoms with Crippen LogP contribution in [-0.2, 0) is 4.79 Å². The molecular weight excluding hydrogens is 204 g/mol. The molecule has 5 nitrogen and oxygen atoms in total. The average molecular weight is 226 g/mol. The van der Waals surface area contributed by atoms with Crippen LogP contribution in [0.15, 0.2) is 0 Å². The van der Waals surface area contributed by atoms with Gasteiger partial charge in [-0.3, -0.25) is 15.5 Å². The van der Waals surface area contributed by atoms with Crippen LogP contribution in [0, 0.1) is 5.92 Å². The third kappa shape index (κ3) is 2.93. The molecule has 0 unspecified atom stereocenters. The van der Waals surface area contributed by atoms with Gasteiger partial charge in [0.2, 0.25) is 5.91 Å². The summed E-state index contributed by atoms with van der Waals surface area (Å²) in [5.41, 5.74) is 0. The van der Waals surface area contributed by atoms with E-state index in [9.17, 15) is 4.79 Å². The molecule has 0 radical (unpaired) electrons. The molecule has 1 aliphatic heterocycles. The summed E-state index contributed by atoms with van der Waals surface area (Å²) in [7, 11) is 1.93. The lowest BCUT2D eigenvalue weighted by Gasteiger charge is -2.34. The molecule has 0 aromatic carbocycles. The third-order valence-corrected chi connectivity index (χ3v) is 3.70. The molecule has 2 aliphatic rings. The molecule has 0 atom stereocenters. The van der Waals surface area contributed by atoms with Crippen LogP contribution in [0.2, 0.25) is 0 Å². The number of hydrogen-bond donors (Lipinski definition) is 2. The molecule has 1 aliphatic carbocycles. The Hall–Kier alpha value is -0.650. The Morgan fingerprint density at radius 2 is 2.12 bits per heavy atom. The lowest BCUT2D eigenvalue weighted by molar-refractivity contribution is -0.118. The Morgan fingerprint density at radius 3 is 2.62 bits per heavy atom. The topological polar surface area (TPSA) is 61.6 Å². The van der Waals surface area contributed by atoms with Gasteiger partial charge in [0.15, 0.2) is 0 Å². The molecule has 0 bridgehead atoms. The second kappa shape index (κ2) is 5.12. The molecule has 1 saturated carbocycles. The van der Waals surface area contributed by atoms with Crippen LogP contribution in [0.5, 0.6) is 0 Å². The van der Waals surface area contributed by atoms with Crippen molar-refractivity contribution in [2.24, 2.45) is 11.8 Å². The molecule has 3 N–H and O–H groups in total. The van der Waals surface area contributed by atoms with E-state index in [2.05, 4.69) is 10.2 Å². The molecule has 1 saturated heterocycles. The number of carbonyl (C=O) groups is 1. The van der Waals surface area contributed by atoms with Crippen molar-refractivity contribution in [3.63, 3.8) is 0 Å². The number of hydrogen-bond acceptors (Lipinski definition) is 4. The summed E-state index contributed by atoms with van der Waals surface area (Å²) in [6.45, 7) is 2.32. The van der Waals surface area contributed by atoms with Crippen molar-refractivity contribution in [3.05, 3.63) is 0 Å². The number of nitrogens with zero attached hydrogens (tertiary/aromatic N) is 2. The highest BCUT2D eigenvalue weighted by Crippen LogP contribution is 2.28. The Labute approximate surface area is 96.9 Å². The van der Waals surface area contributed by atoms with Gasteiger partial charge in [-0.05, 0) is 31.6 Å². The fraction of sp³-hybridized carbons (Fsp3) is 0.909. The molecule has 1 heterocycles. The van der Waals surface area contributed by atoms with Gasteiger partial charge in [-0.25, -0.2) is 5.01 Å². The fourth-order valence-electron chi connectivity index (χ4n) is 2.84. The highest BCUT2D eigenvalue weighted by atomic mass is 16.2. The van der Waals surface area contributed by atoms with E-state index in [4.69, 9.17) is 5.84 Å². The zero-order valence-electron chi connectivity index (χ0n) is 9.98. The summed E-state index contributed by atoms with van der Waals surface area (Å²) >= 11 is 0. The van der Waals surface area contributed by atoms with Crippen LogP contribution in [-0.4, -0.2) is 48.7 Å².